The first-order chi connectivity index (χ1) is 8.41. The third-order valence-corrected chi connectivity index (χ3v) is 3.13. The lowest BCUT2D eigenvalue weighted by Crippen LogP contribution is -2.50. The summed E-state index contributed by atoms with van der Waals surface area (Å²) in [6, 6.07) is -0.591. The van der Waals surface area contributed by atoms with E-state index >= 15 is 0 Å². The molecule has 5 nitrogen and oxygen atoms in total. The molecule has 0 aliphatic carbocycles. The average molecular weight is 255 g/mol. The van der Waals surface area contributed by atoms with Crippen LogP contribution in [-0.2, 0) is 4.79 Å². The molecule has 0 bridgehead atoms. The summed E-state index contributed by atoms with van der Waals surface area (Å²) in [4.78, 5) is 27.4. The molecule has 0 unspecified atom stereocenters. The van der Waals surface area contributed by atoms with Crippen molar-refractivity contribution in [2.24, 2.45) is 5.92 Å². The molecule has 1 saturated heterocycles. The quantitative estimate of drug-likeness (QED) is 0.823. The number of carbonyl (C=O) groups excluding carboxylic acids is 2. The first kappa shape index (κ1) is 14.8. The lowest BCUT2D eigenvalue weighted by Gasteiger charge is -2.26. The van der Waals surface area contributed by atoms with Gasteiger partial charge in [0.2, 0.25) is 5.91 Å². The number of hydrogen-bond donors (Lipinski definition) is 1. The highest BCUT2D eigenvalue weighted by Gasteiger charge is 2.28. The summed E-state index contributed by atoms with van der Waals surface area (Å²) < 4.78 is 0. The Balaban J connectivity index is 2.64. The van der Waals surface area contributed by atoms with Gasteiger partial charge in [-0.25, -0.2) is 4.79 Å². The van der Waals surface area contributed by atoms with Crippen LogP contribution in [0.3, 0.4) is 0 Å². The molecule has 0 saturated carbocycles. The molecule has 104 valence electrons. The van der Waals surface area contributed by atoms with Gasteiger partial charge in [0.15, 0.2) is 0 Å². The smallest absolute Gasteiger partial charge is 0.317 e. The minimum atomic E-state index is -0.391. The van der Waals surface area contributed by atoms with Gasteiger partial charge < -0.3 is 15.1 Å². The molecule has 1 N–H and O–H groups in total. The standard InChI is InChI=1S/C13H25N3O2/c1-10(2)9-11(14-13(18)15(3)4)12(17)16-7-5-6-8-16/h10-11H,5-9H2,1-4H3,(H,14,18)/t11-/m0/s1. The van der Waals surface area contributed by atoms with Crippen LogP contribution in [0, 0.1) is 5.92 Å². The first-order valence-corrected chi connectivity index (χ1v) is 6.68. The van der Waals surface area contributed by atoms with Gasteiger partial charge in [0.1, 0.15) is 6.04 Å². The molecule has 3 amide bonds. The molecule has 0 spiro atoms. The fourth-order valence-corrected chi connectivity index (χ4v) is 2.13. The maximum absolute atomic E-state index is 12.3. The lowest BCUT2D eigenvalue weighted by molar-refractivity contribution is -0.132. The van der Waals surface area contributed by atoms with Gasteiger partial charge in [-0.05, 0) is 25.2 Å². The van der Waals surface area contributed by atoms with Gasteiger partial charge in [0, 0.05) is 27.2 Å². The van der Waals surface area contributed by atoms with Crippen LogP contribution in [0.15, 0.2) is 0 Å². The molecule has 0 aromatic rings. The van der Waals surface area contributed by atoms with Crippen LogP contribution in [0.4, 0.5) is 4.79 Å². The van der Waals surface area contributed by atoms with Crippen LogP contribution in [-0.4, -0.2) is 55.0 Å². The van der Waals surface area contributed by atoms with Crippen LogP contribution in [0.5, 0.6) is 0 Å². The second kappa shape index (κ2) is 6.61. The van der Waals surface area contributed by atoms with Crippen molar-refractivity contribution in [1.29, 1.82) is 0 Å². The van der Waals surface area contributed by atoms with Crippen LogP contribution >= 0.6 is 0 Å². The number of hydrogen-bond acceptors (Lipinski definition) is 2. The van der Waals surface area contributed by atoms with E-state index in [9.17, 15) is 9.59 Å². The van der Waals surface area contributed by atoms with Crippen molar-refractivity contribution in [2.75, 3.05) is 27.2 Å². The van der Waals surface area contributed by atoms with Crippen molar-refractivity contribution in [2.45, 2.75) is 39.2 Å². The van der Waals surface area contributed by atoms with E-state index in [1.54, 1.807) is 14.1 Å². The van der Waals surface area contributed by atoms with Gasteiger partial charge in [-0.2, -0.15) is 0 Å². The molecule has 1 aliphatic rings. The highest BCUT2D eigenvalue weighted by molar-refractivity contribution is 5.87. The highest BCUT2D eigenvalue weighted by Crippen LogP contribution is 2.13. The zero-order valence-corrected chi connectivity index (χ0v) is 11.9. The molecule has 1 heterocycles. The van der Waals surface area contributed by atoms with E-state index < -0.39 is 6.04 Å². The Kier molecular flexibility index (Phi) is 5.44. The van der Waals surface area contributed by atoms with Crippen molar-refractivity contribution in [1.82, 2.24) is 15.1 Å². The fourth-order valence-electron chi connectivity index (χ4n) is 2.13. The number of nitrogens with zero attached hydrogens (tertiary/aromatic N) is 2. The highest BCUT2D eigenvalue weighted by atomic mass is 16.2. The van der Waals surface area contributed by atoms with Crippen molar-refractivity contribution in [3.8, 4) is 0 Å². The van der Waals surface area contributed by atoms with Gasteiger partial charge in [-0.15, -0.1) is 0 Å². The summed E-state index contributed by atoms with van der Waals surface area (Å²) in [7, 11) is 3.37. The predicted molar refractivity (Wildman–Crippen MR) is 71.3 cm³/mol. The van der Waals surface area contributed by atoms with Crippen molar-refractivity contribution >= 4 is 11.9 Å². The van der Waals surface area contributed by atoms with Gasteiger partial charge in [-0.1, -0.05) is 13.8 Å². The normalized spacial score (nSPS) is 16.8. The van der Waals surface area contributed by atoms with Gasteiger partial charge in [0.05, 0.1) is 0 Å². The Morgan fingerprint density at radius 3 is 2.22 bits per heavy atom. The molecule has 1 fully saturated rings. The van der Waals surface area contributed by atoms with Gasteiger partial charge >= 0.3 is 6.03 Å². The van der Waals surface area contributed by atoms with E-state index in [2.05, 4.69) is 19.2 Å². The third-order valence-electron chi connectivity index (χ3n) is 3.13. The largest absolute Gasteiger partial charge is 0.341 e. The Labute approximate surface area is 110 Å². The monoisotopic (exact) mass is 255 g/mol. The SMILES string of the molecule is CC(C)C[C@H](NC(=O)N(C)C)C(=O)N1CCCC1. The Morgan fingerprint density at radius 1 is 1.22 bits per heavy atom. The molecule has 0 radical (unpaired) electrons. The third kappa shape index (κ3) is 4.20. The van der Waals surface area contributed by atoms with Crippen molar-refractivity contribution in [3.63, 3.8) is 0 Å². The number of carbonyl (C=O) groups is 2. The molecule has 1 rings (SSSR count). The Hall–Kier alpha value is -1.26. The fraction of sp³-hybridized carbons (Fsp3) is 0.846. The first-order valence-electron chi connectivity index (χ1n) is 6.68. The maximum Gasteiger partial charge on any atom is 0.317 e. The van der Waals surface area contributed by atoms with Crippen LogP contribution < -0.4 is 5.32 Å². The predicted octanol–water partition coefficient (Wildman–Crippen LogP) is 1.29. The molecular weight excluding hydrogens is 230 g/mol. The minimum Gasteiger partial charge on any atom is -0.341 e. The number of urea groups is 1. The van der Waals surface area contributed by atoms with Crippen LogP contribution in [0.2, 0.25) is 0 Å². The minimum absolute atomic E-state index is 0.0661. The average Bonchev–Trinajstić information content (AvgIpc) is 2.79. The number of rotatable bonds is 4. The van der Waals surface area contributed by atoms with E-state index in [0.717, 1.165) is 25.9 Å². The summed E-state index contributed by atoms with van der Waals surface area (Å²) in [5.41, 5.74) is 0. The summed E-state index contributed by atoms with van der Waals surface area (Å²) in [6.45, 7) is 5.77. The van der Waals surface area contributed by atoms with Gasteiger partial charge in [0.25, 0.3) is 0 Å². The molecule has 5 heteroatoms. The Bertz CT molecular complexity index is 297. The summed E-state index contributed by atoms with van der Waals surface area (Å²) in [5.74, 6) is 0.445. The molecular formula is C13H25N3O2. The van der Waals surface area contributed by atoms with E-state index in [1.165, 1.54) is 4.90 Å². The van der Waals surface area contributed by atoms with E-state index in [4.69, 9.17) is 0 Å². The number of likely N-dealkylation sites (tertiary alicyclic amines) is 1. The Morgan fingerprint density at radius 2 is 1.78 bits per heavy atom. The lowest BCUT2D eigenvalue weighted by atomic mass is 10.0. The molecule has 1 aliphatic heterocycles. The molecule has 0 aromatic carbocycles. The second-order valence-corrected chi connectivity index (χ2v) is 5.56. The summed E-state index contributed by atoms with van der Waals surface area (Å²) in [5, 5.41) is 2.82. The van der Waals surface area contributed by atoms with Crippen molar-refractivity contribution in [3.05, 3.63) is 0 Å². The zero-order valence-electron chi connectivity index (χ0n) is 11.9. The summed E-state index contributed by atoms with van der Waals surface area (Å²) >= 11 is 0. The van der Waals surface area contributed by atoms with E-state index in [1.807, 2.05) is 4.90 Å². The molecule has 18 heavy (non-hydrogen) atoms. The van der Waals surface area contributed by atoms with Crippen LogP contribution in [0.1, 0.15) is 33.1 Å². The molecule has 0 aromatic heterocycles. The van der Waals surface area contributed by atoms with Crippen LogP contribution in [0.25, 0.3) is 0 Å². The second-order valence-electron chi connectivity index (χ2n) is 5.56. The zero-order chi connectivity index (χ0) is 13.7. The molecule has 1 atom stereocenters. The topological polar surface area (TPSA) is 52.7 Å². The van der Waals surface area contributed by atoms with Crippen molar-refractivity contribution < 1.29 is 9.59 Å². The van der Waals surface area contributed by atoms with Gasteiger partial charge in [-0.3, -0.25) is 4.79 Å². The number of amides is 3. The van der Waals surface area contributed by atoms with E-state index in [-0.39, 0.29) is 11.9 Å². The number of nitrogens with one attached hydrogen (secondary N) is 1. The maximum atomic E-state index is 12.3. The van der Waals surface area contributed by atoms with E-state index in [0.29, 0.717) is 12.3 Å². The summed E-state index contributed by atoms with van der Waals surface area (Å²) in [6.07, 6.45) is 2.83.